The molecule has 1 nitrogen and oxygen atoms in total. The molecule has 0 heterocycles. The zero-order valence-corrected chi connectivity index (χ0v) is 12.9. The first-order valence-electron chi connectivity index (χ1n) is 7.01. The first-order chi connectivity index (χ1) is 9.29. The Morgan fingerprint density at radius 1 is 0.900 bits per heavy atom. The Bertz CT molecular complexity index is 625. The van der Waals surface area contributed by atoms with E-state index in [4.69, 9.17) is 0 Å². The van der Waals surface area contributed by atoms with Crippen molar-refractivity contribution in [1.29, 1.82) is 0 Å². The van der Waals surface area contributed by atoms with Crippen LogP contribution in [0.3, 0.4) is 0 Å². The SMILES string of the molecule is Cc1cc(C)cc(C(=O)c2ccccc2C(C)(C)C)c1. The predicted molar refractivity (Wildman–Crippen MR) is 84.5 cm³/mol. The third-order valence-electron chi connectivity index (χ3n) is 3.46. The number of ketones is 1. The van der Waals surface area contributed by atoms with Crippen LogP contribution in [0.15, 0.2) is 42.5 Å². The molecular formula is C19H22O. The molecule has 0 aliphatic heterocycles. The molecule has 0 unspecified atom stereocenters. The number of carbonyl (C=O) groups is 1. The largest absolute Gasteiger partial charge is 0.289 e. The highest BCUT2D eigenvalue weighted by molar-refractivity contribution is 6.10. The third kappa shape index (κ3) is 2.98. The minimum absolute atomic E-state index is 0.0366. The molecule has 0 saturated carbocycles. The summed E-state index contributed by atoms with van der Waals surface area (Å²) in [5.41, 5.74) is 4.90. The summed E-state index contributed by atoms with van der Waals surface area (Å²) in [6, 6.07) is 13.9. The predicted octanol–water partition coefficient (Wildman–Crippen LogP) is 4.83. The lowest BCUT2D eigenvalue weighted by molar-refractivity contribution is 0.103. The molecule has 0 bridgehead atoms. The van der Waals surface area contributed by atoms with Gasteiger partial charge in [-0.05, 0) is 37.0 Å². The van der Waals surface area contributed by atoms with E-state index >= 15 is 0 Å². The second-order valence-corrected chi connectivity index (χ2v) is 6.50. The summed E-state index contributed by atoms with van der Waals surface area (Å²) in [7, 11) is 0. The minimum atomic E-state index is -0.0366. The number of rotatable bonds is 2. The summed E-state index contributed by atoms with van der Waals surface area (Å²) in [5, 5.41) is 0. The topological polar surface area (TPSA) is 17.1 Å². The van der Waals surface area contributed by atoms with Gasteiger partial charge in [-0.15, -0.1) is 0 Å². The van der Waals surface area contributed by atoms with Gasteiger partial charge in [0.1, 0.15) is 0 Å². The van der Waals surface area contributed by atoms with Gasteiger partial charge in [-0.2, -0.15) is 0 Å². The maximum atomic E-state index is 12.8. The van der Waals surface area contributed by atoms with Gasteiger partial charge in [0, 0.05) is 11.1 Å². The zero-order valence-electron chi connectivity index (χ0n) is 12.9. The summed E-state index contributed by atoms with van der Waals surface area (Å²) in [6.07, 6.45) is 0. The van der Waals surface area contributed by atoms with Crippen LogP contribution in [0.5, 0.6) is 0 Å². The lowest BCUT2D eigenvalue weighted by Crippen LogP contribution is -2.17. The second-order valence-electron chi connectivity index (χ2n) is 6.50. The van der Waals surface area contributed by atoms with E-state index in [2.05, 4.69) is 32.9 Å². The summed E-state index contributed by atoms with van der Waals surface area (Å²) < 4.78 is 0. The molecule has 0 atom stereocenters. The molecule has 0 aromatic heterocycles. The average Bonchev–Trinajstić information content (AvgIpc) is 2.35. The van der Waals surface area contributed by atoms with Crippen molar-refractivity contribution in [1.82, 2.24) is 0 Å². The Kier molecular flexibility index (Phi) is 3.80. The molecule has 0 radical (unpaired) electrons. The molecule has 0 saturated heterocycles. The average molecular weight is 266 g/mol. The van der Waals surface area contributed by atoms with Gasteiger partial charge in [-0.1, -0.05) is 62.2 Å². The fourth-order valence-corrected chi connectivity index (χ4v) is 2.60. The van der Waals surface area contributed by atoms with Crippen molar-refractivity contribution in [2.24, 2.45) is 0 Å². The molecule has 1 heteroatoms. The molecule has 0 amide bonds. The van der Waals surface area contributed by atoms with Crippen LogP contribution in [0.4, 0.5) is 0 Å². The van der Waals surface area contributed by atoms with Gasteiger partial charge in [-0.3, -0.25) is 4.79 Å². The maximum Gasteiger partial charge on any atom is 0.193 e. The Balaban J connectivity index is 2.54. The van der Waals surface area contributed by atoms with E-state index in [1.807, 2.05) is 44.2 Å². The molecular weight excluding hydrogens is 244 g/mol. The highest BCUT2D eigenvalue weighted by Gasteiger charge is 2.22. The first kappa shape index (κ1) is 14.5. The van der Waals surface area contributed by atoms with E-state index < -0.39 is 0 Å². The van der Waals surface area contributed by atoms with Gasteiger partial charge >= 0.3 is 0 Å². The number of carbonyl (C=O) groups excluding carboxylic acids is 1. The van der Waals surface area contributed by atoms with Crippen molar-refractivity contribution in [3.8, 4) is 0 Å². The van der Waals surface area contributed by atoms with E-state index in [1.165, 1.54) is 0 Å². The van der Waals surface area contributed by atoms with Crippen LogP contribution in [0.1, 0.15) is 53.4 Å². The zero-order chi connectivity index (χ0) is 14.9. The molecule has 2 aromatic carbocycles. The highest BCUT2D eigenvalue weighted by atomic mass is 16.1. The number of aryl methyl sites for hydroxylation is 2. The molecule has 2 rings (SSSR count). The Morgan fingerprint density at radius 2 is 1.45 bits per heavy atom. The number of benzene rings is 2. The molecule has 0 spiro atoms. The molecule has 2 aromatic rings. The number of hydrogen-bond donors (Lipinski definition) is 0. The van der Waals surface area contributed by atoms with Gasteiger partial charge in [-0.25, -0.2) is 0 Å². The highest BCUT2D eigenvalue weighted by Crippen LogP contribution is 2.27. The molecule has 0 fully saturated rings. The van der Waals surface area contributed by atoms with Gasteiger partial charge in [0.05, 0.1) is 0 Å². The molecule has 104 valence electrons. The van der Waals surface area contributed by atoms with Crippen LogP contribution in [0.2, 0.25) is 0 Å². The first-order valence-corrected chi connectivity index (χ1v) is 7.01. The summed E-state index contributed by atoms with van der Waals surface area (Å²) in [5.74, 6) is 0.113. The summed E-state index contributed by atoms with van der Waals surface area (Å²) >= 11 is 0. The van der Waals surface area contributed by atoms with E-state index in [-0.39, 0.29) is 11.2 Å². The van der Waals surface area contributed by atoms with E-state index in [1.54, 1.807) is 0 Å². The van der Waals surface area contributed by atoms with Crippen LogP contribution in [-0.4, -0.2) is 5.78 Å². The molecule has 20 heavy (non-hydrogen) atoms. The van der Waals surface area contributed by atoms with Gasteiger partial charge in [0.2, 0.25) is 0 Å². The normalized spacial score (nSPS) is 11.4. The van der Waals surface area contributed by atoms with Crippen molar-refractivity contribution in [3.05, 3.63) is 70.3 Å². The van der Waals surface area contributed by atoms with Crippen LogP contribution in [0, 0.1) is 13.8 Å². The van der Waals surface area contributed by atoms with Crippen LogP contribution >= 0.6 is 0 Å². The van der Waals surface area contributed by atoms with E-state index in [0.29, 0.717) is 0 Å². The van der Waals surface area contributed by atoms with Gasteiger partial charge in [0.25, 0.3) is 0 Å². The van der Waals surface area contributed by atoms with Crippen LogP contribution in [-0.2, 0) is 5.41 Å². The number of hydrogen-bond acceptors (Lipinski definition) is 1. The minimum Gasteiger partial charge on any atom is -0.289 e. The molecule has 0 aliphatic carbocycles. The van der Waals surface area contributed by atoms with Crippen molar-refractivity contribution in [3.63, 3.8) is 0 Å². The van der Waals surface area contributed by atoms with Crippen molar-refractivity contribution >= 4 is 5.78 Å². The van der Waals surface area contributed by atoms with Crippen molar-refractivity contribution in [2.45, 2.75) is 40.0 Å². The Labute approximate surface area is 121 Å². The maximum absolute atomic E-state index is 12.8. The fraction of sp³-hybridized carbons (Fsp3) is 0.316. The summed E-state index contributed by atoms with van der Waals surface area (Å²) in [4.78, 5) is 12.8. The Hall–Kier alpha value is -1.89. The van der Waals surface area contributed by atoms with Crippen molar-refractivity contribution in [2.75, 3.05) is 0 Å². The van der Waals surface area contributed by atoms with E-state index in [9.17, 15) is 4.79 Å². The van der Waals surface area contributed by atoms with Gasteiger partial charge in [0.15, 0.2) is 5.78 Å². The Morgan fingerprint density at radius 3 is 2.00 bits per heavy atom. The molecule has 0 N–H and O–H groups in total. The van der Waals surface area contributed by atoms with Gasteiger partial charge < -0.3 is 0 Å². The second kappa shape index (κ2) is 5.24. The third-order valence-corrected chi connectivity index (χ3v) is 3.46. The fourth-order valence-electron chi connectivity index (χ4n) is 2.60. The smallest absolute Gasteiger partial charge is 0.193 e. The lowest BCUT2D eigenvalue weighted by Gasteiger charge is -2.22. The quantitative estimate of drug-likeness (QED) is 0.711. The summed E-state index contributed by atoms with van der Waals surface area (Å²) in [6.45, 7) is 10.5. The van der Waals surface area contributed by atoms with Crippen molar-refractivity contribution < 1.29 is 4.79 Å². The standard InChI is InChI=1S/C19H22O/c1-13-10-14(2)12-15(11-13)18(20)16-8-6-7-9-17(16)19(3,4)5/h6-12H,1-5H3. The molecule has 0 aliphatic rings. The van der Waals surface area contributed by atoms with E-state index in [0.717, 1.165) is 27.8 Å². The lowest BCUT2D eigenvalue weighted by atomic mass is 9.81. The van der Waals surface area contributed by atoms with Crippen LogP contribution in [0.25, 0.3) is 0 Å². The van der Waals surface area contributed by atoms with Crippen LogP contribution < -0.4 is 0 Å². The monoisotopic (exact) mass is 266 g/mol.